The number of rotatable bonds is 7. The van der Waals surface area contributed by atoms with Crippen molar-refractivity contribution in [1.29, 1.82) is 0 Å². The van der Waals surface area contributed by atoms with Gasteiger partial charge in [-0.05, 0) is 25.5 Å². The van der Waals surface area contributed by atoms with Gasteiger partial charge >= 0.3 is 0 Å². The van der Waals surface area contributed by atoms with E-state index in [9.17, 15) is 4.79 Å². The molecule has 2 N–H and O–H groups in total. The van der Waals surface area contributed by atoms with Gasteiger partial charge in [-0.25, -0.2) is 0 Å². The van der Waals surface area contributed by atoms with E-state index in [-0.39, 0.29) is 24.4 Å². The Morgan fingerprint density at radius 3 is 2.52 bits per heavy atom. The predicted molar refractivity (Wildman–Crippen MR) is 86.2 cm³/mol. The molecule has 0 saturated heterocycles. The molecule has 1 aromatic carbocycles. The molecule has 0 aliphatic rings. The number of nitrogens with two attached hydrogens (primary N) is 1. The zero-order chi connectivity index (χ0) is 15.1. The maximum atomic E-state index is 12.0. The van der Waals surface area contributed by atoms with Gasteiger partial charge in [0.05, 0.1) is 14.2 Å². The van der Waals surface area contributed by atoms with Crippen molar-refractivity contribution in [3.63, 3.8) is 0 Å². The van der Waals surface area contributed by atoms with Gasteiger partial charge in [0.15, 0.2) is 0 Å². The maximum Gasteiger partial charge on any atom is 0.222 e. The molecule has 21 heavy (non-hydrogen) atoms. The third-order valence-electron chi connectivity index (χ3n) is 3.14. The van der Waals surface area contributed by atoms with Crippen molar-refractivity contribution in [3.05, 3.63) is 23.8 Å². The van der Waals surface area contributed by atoms with Crippen LogP contribution < -0.4 is 15.2 Å². The van der Waals surface area contributed by atoms with Gasteiger partial charge in [0, 0.05) is 37.7 Å². The van der Waals surface area contributed by atoms with Crippen molar-refractivity contribution in [2.75, 3.05) is 21.3 Å². The van der Waals surface area contributed by atoms with Crippen molar-refractivity contribution >= 4 is 18.3 Å². The lowest BCUT2D eigenvalue weighted by molar-refractivity contribution is -0.130. The van der Waals surface area contributed by atoms with Crippen LogP contribution in [0.4, 0.5) is 0 Å². The smallest absolute Gasteiger partial charge is 0.222 e. The van der Waals surface area contributed by atoms with Crippen LogP contribution in [0.2, 0.25) is 0 Å². The SMILES string of the molecule is COc1ccc(CN(C)C(=O)CCC(C)N)c(OC)c1.Cl. The zero-order valence-corrected chi connectivity index (χ0v) is 13.9. The fourth-order valence-corrected chi connectivity index (χ4v) is 1.87. The molecule has 0 heterocycles. The first kappa shape index (κ1) is 19.5. The summed E-state index contributed by atoms with van der Waals surface area (Å²) in [5, 5.41) is 0. The molecule has 0 saturated carbocycles. The summed E-state index contributed by atoms with van der Waals surface area (Å²) in [6.07, 6.45) is 1.16. The summed E-state index contributed by atoms with van der Waals surface area (Å²) >= 11 is 0. The molecule has 6 heteroatoms. The zero-order valence-electron chi connectivity index (χ0n) is 13.1. The molecule has 0 aromatic heterocycles. The molecular formula is C15H25ClN2O3. The largest absolute Gasteiger partial charge is 0.497 e. The van der Waals surface area contributed by atoms with Crippen molar-refractivity contribution in [2.45, 2.75) is 32.4 Å². The minimum atomic E-state index is 0. The number of ether oxygens (including phenoxy) is 2. The van der Waals surface area contributed by atoms with Crippen LogP contribution in [0.15, 0.2) is 18.2 Å². The van der Waals surface area contributed by atoms with Crippen LogP contribution >= 0.6 is 12.4 Å². The molecule has 0 radical (unpaired) electrons. The van der Waals surface area contributed by atoms with Gasteiger partial charge in [-0.2, -0.15) is 0 Å². The number of hydrogen-bond acceptors (Lipinski definition) is 4. The minimum Gasteiger partial charge on any atom is -0.497 e. The molecule has 5 nitrogen and oxygen atoms in total. The second kappa shape index (κ2) is 9.47. The third-order valence-corrected chi connectivity index (χ3v) is 3.14. The standard InChI is InChI=1S/C15H24N2O3.ClH/c1-11(16)5-8-15(18)17(2)10-12-6-7-13(19-3)9-14(12)20-4;/h6-7,9,11H,5,8,10,16H2,1-4H3;1H. The summed E-state index contributed by atoms with van der Waals surface area (Å²) < 4.78 is 10.5. The topological polar surface area (TPSA) is 64.8 Å². The van der Waals surface area contributed by atoms with Gasteiger partial charge in [-0.1, -0.05) is 0 Å². The summed E-state index contributed by atoms with van der Waals surface area (Å²) in [6.45, 7) is 2.41. The summed E-state index contributed by atoms with van der Waals surface area (Å²) in [5.41, 5.74) is 6.62. The average molecular weight is 317 g/mol. The van der Waals surface area contributed by atoms with E-state index in [1.54, 1.807) is 26.2 Å². The van der Waals surface area contributed by atoms with E-state index in [4.69, 9.17) is 15.2 Å². The summed E-state index contributed by atoms with van der Waals surface area (Å²) in [6, 6.07) is 5.63. The fraction of sp³-hybridized carbons (Fsp3) is 0.533. The number of carbonyl (C=O) groups excluding carboxylic acids is 1. The molecule has 1 aromatic rings. The van der Waals surface area contributed by atoms with Crippen molar-refractivity contribution in [2.24, 2.45) is 5.73 Å². The summed E-state index contributed by atoms with van der Waals surface area (Å²) in [7, 11) is 5.00. The lowest BCUT2D eigenvalue weighted by Crippen LogP contribution is -2.28. The number of amides is 1. The maximum absolute atomic E-state index is 12.0. The van der Waals surface area contributed by atoms with Gasteiger partial charge in [0.2, 0.25) is 5.91 Å². The molecule has 1 atom stereocenters. The van der Waals surface area contributed by atoms with Gasteiger partial charge < -0.3 is 20.1 Å². The molecule has 0 aliphatic heterocycles. The predicted octanol–water partition coefficient (Wildman–Crippen LogP) is 2.21. The number of nitrogens with zero attached hydrogens (tertiary/aromatic N) is 1. The van der Waals surface area contributed by atoms with Gasteiger partial charge in [0.25, 0.3) is 0 Å². The highest BCUT2D eigenvalue weighted by Gasteiger charge is 2.13. The Labute approximate surface area is 132 Å². The van der Waals surface area contributed by atoms with Crippen molar-refractivity contribution < 1.29 is 14.3 Å². The Morgan fingerprint density at radius 2 is 2.00 bits per heavy atom. The molecule has 0 bridgehead atoms. The Hall–Kier alpha value is -1.46. The van der Waals surface area contributed by atoms with E-state index in [1.165, 1.54) is 0 Å². The molecule has 1 rings (SSSR count). The first-order chi connectivity index (χ1) is 9.47. The highest BCUT2D eigenvalue weighted by atomic mass is 35.5. The number of halogens is 1. The quantitative estimate of drug-likeness (QED) is 0.837. The van der Waals surface area contributed by atoms with Gasteiger partial charge in [-0.3, -0.25) is 4.79 Å². The first-order valence-electron chi connectivity index (χ1n) is 6.68. The molecule has 1 unspecified atom stereocenters. The highest BCUT2D eigenvalue weighted by molar-refractivity contribution is 5.85. The Bertz CT molecular complexity index is 453. The van der Waals surface area contributed by atoms with Crippen LogP contribution in [-0.4, -0.2) is 38.1 Å². The van der Waals surface area contributed by atoms with Crippen LogP contribution in [0, 0.1) is 0 Å². The van der Waals surface area contributed by atoms with Crippen LogP contribution in [0.5, 0.6) is 11.5 Å². The average Bonchev–Trinajstić information content (AvgIpc) is 2.44. The first-order valence-corrected chi connectivity index (χ1v) is 6.68. The number of carbonyl (C=O) groups is 1. The van der Waals surface area contributed by atoms with Gasteiger partial charge in [0.1, 0.15) is 11.5 Å². The van der Waals surface area contributed by atoms with E-state index in [2.05, 4.69) is 0 Å². The summed E-state index contributed by atoms with van der Waals surface area (Å²) in [4.78, 5) is 13.7. The molecule has 0 aliphatic carbocycles. The van der Waals surface area contributed by atoms with Crippen molar-refractivity contribution in [1.82, 2.24) is 4.90 Å². The van der Waals surface area contributed by atoms with E-state index < -0.39 is 0 Å². The van der Waals surface area contributed by atoms with E-state index in [0.29, 0.717) is 19.4 Å². The van der Waals surface area contributed by atoms with E-state index >= 15 is 0 Å². The fourth-order valence-electron chi connectivity index (χ4n) is 1.87. The molecule has 0 spiro atoms. The Kier molecular flexibility index (Phi) is 8.81. The van der Waals surface area contributed by atoms with Crippen LogP contribution in [0.3, 0.4) is 0 Å². The van der Waals surface area contributed by atoms with Crippen LogP contribution in [-0.2, 0) is 11.3 Å². The molecule has 120 valence electrons. The minimum absolute atomic E-state index is 0. The Balaban J connectivity index is 0.00000400. The number of hydrogen-bond donors (Lipinski definition) is 1. The molecule has 0 fully saturated rings. The normalized spacial score (nSPS) is 11.3. The number of benzene rings is 1. The molecular weight excluding hydrogens is 292 g/mol. The summed E-state index contributed by atoms with van der Waals surface area (Å²) in [5.74, 6) is 1.54. The van der Waals surface area contributed by atoms with Crippen molar-refractivity contribution in [3.8, 4) is 11.5 Å². The van der Waals surface area contributed by atoms with Crippen LogP contribution in [0.1, 0.15) is 25.3 Å². The second-order valence-corrected chi connectivity index (χ2v) is 4.94. The number of methoxy groups -OCH3 is 2. The Morgan fingerprint density at radius 1 is 1.33 bits per heavy atom. The monoisotopic (exact) mass is 316 g/mol. The van der Waals surface area contributed by atoms with E-state index in [0.717, 1.165) is 17.1 Å². The lowest BCUT2D eigenvalue weighted by Gasteiger charge is -2.19. The highest BCUT2D eigenvalue weighted by Crippen LogP contribution is 2.25. The lowest BCUT2D eigenvalue weighted by atomic mass is 10.1. The third kappa shape index (κ3) is 6.23. The molecule has 1 amide bonds. The van der Waals surface area contributed by atoms with Crippen LogP contribution in [0.25, 0.3) is 0 Å². The second-order valence-electron chi connectivity index (χ2n) is 4.94. The van der Waals surface area contributed by atoms with E-state index in [1.807, 2.05) is 25.1 Å². The van der Waals surface area contributed by atoms with Gasteiger partial charge in [-0.15, -0.1) is 12.4 Å².